The highest BCUT2D eigenvalue weighted by Crippen LogP contribution is 2.41. The first kappa shape index (κ1) is 44.7. The molecular weight excluding hydrogens is 845 g/mol. The minimum absolute atomic E-state index is 0.0998. The zero-order chi connectivity index (χ0) is 45.2. The van der Waals surface area contributed by atoms with Crippen molar-refractivity contribution in [1.82, 2.24) is 19.6 Å². The number of imide groups is 1. The Bertz CT molecular complexity index is 2340. The quantitative estimate of drug-likeness (QED) is 0.0721. The maximum Gasteiger partial charge on any atom is 0.412 e. The molecule has 2 unspecified atom stereocenters. The summed E-state index contributed by atoms with van der Waals surface area (Å²) in [5.74, 6) is -0.645. The molecule has 7 rings (SSSR count). The van der Waals surface area contributed by atoms with Gasteiger partial charge in [0.2, 0.25) is 0 Å². The first-order chi connectivity index (χ1) is 30.1. The van der Waals surface area contributed by atoms with Crippen molar-refractivity contribution in [3.05, 3.63) is 71.8 Å². The zero-order valence-electron chi connectivity index (χ0n) is 34.9. The van der Waals surface area contributed by atoms with Gasteiger partial charge in [-0.3, -0.25) is 33.5 Å². The van der Waals surface area contributed by atoms with E-state index < -0.39 is 63.5 Å². The molecule has 2 aromatic rings. The number of nitrogens with one attached hydrogen (secondary N) is 1. The largest absolute Gasteiger partial charge is 0.493 e. The number of nitrogens with zero attached hydrogens (tertiary/aromatic N) is 4. The molecule has 0 spiro atoms. The van der Waals surface area contributed by atoms with Gasteiger partial charge in [-0.25, -0.2) is 4.79 Å². The summed E-state index contributed by atoms with van der Waals surface area (Å²) in [6.07, 6.45) is 3.19. The van der Waals surface area contributed by atoms with Crippen molar-refractivity contribution >= 4 is 51.2 Å². The Labute approximate surface area is 363 Å². The van der Waals surface area contributed by atoms with Crippen LogP contribution >= 0.6 is 0 Å². The lowest BCUT2D eigenvalue weighted by molar-refractivity contribution is -0.137. The fourth-order valence-electron chi connectivity index (χ4n) is 8.33. The van der Waals surface area contributed by atoms with E-state index in [1.165, 1.54) is 48.3 Å². The Morgan fingerprint density at radius 3 is 2.16 bits per heavy atom. The number of carbonyl (C=O) groups excluding carboxylic acids is 5. The molecule has 3 fully saturated rings. The minimum atomic E-state index is -4.60. The van der Waals surface area contributed by atoms with E-state index in [4.69, 9.17) is 34.2 Å². The summed E-state index contributed by atoms with van der Waals surface area (Å²) < 4.78 is 69.3. The molecule has 4 atom stereocenters. The third-order valence-corrected chi connectivity index (χ3v) is 12.5. The number of carbonyl (C=O) groups is 5. The molecular formula is C42H50N6O14S. The molecule has 0 aliphatic carbocycles. The number of nitrogens with two attached hydrogens (primary N) is 1. The second kappa shape index (κ2) is 18.6. The number of hydrogen-bond donors (Lipinski definition) is 3. The Kier molecular flexibility index (Phi) is 13.2. The monoisotopic (exact) mass is 894 g/mol. The van der Waals surface area contributed by atoms with E-state index in [0.29, 0.717) is 37.0 Å². The molecule has 5 amide bonds. The normalized spacial score (nSPS) is 22.0. The van der Waals surface area contributed by atoms with Gasteiger partial charge >= 0.3 is 6.09 Å². The molecule has 20 nitrogen and oxygen atoms in total. The van der Waals surface area contributed by atoms with Crippen LogP contribution in [0.3, 0.4) is 0 Å². The number of anilines is 2. The van der Waals surface area contributed by atoms with Gasteiger partial charge in [-0.15, -0.1) is 0 Å². The van der Waals surface area contributed by atoms with Crippen LogP contribution in [0.4, 0.5) is 16.2 Å². The van der Waals surface area contributed by atoms with Gasteiger partial charge in [-0.1, -0.05) is 24.3 Å². The van der Waals surface area contributed by atoms with Crippen molar-refractivity contribution in [1.29, 1.82) is 0 Å². The van der Waals surface area contributed by atoms with Gasteiger partial charge < -0.3 is 49.3 Å². The number of likely N-dealkylation sites (tertiary alicyclic amines) is 1. The van der Waals surface area contributed by atoms with Crippen LogP contribution in [-0.2, 0) is 29.2 Å². The lowest BCUT2D eigenvalue weighted by atomic mass is 10.1. The van der Waals surface area contributed by atoms with Gasteiger partial charge in [0, 0.05) is 43.1 Å². The standard InChI is InChI=1S/C42H50N6O14S/c1-24-16-30-38(63(54,55)56)44-29-21-35(33(58-4)19-27(29)40(52)47(30)22-24)60-13-7-5-6-12-59-34-20-28(43)26(18-32(34)57-3)39(51)48-23-25(2)17-31(48)41-46(11-14-61-41)42(53)62-15-10-45-36(49)8-9-37(45)50/h8-9,18-21,30-31,38,41,44H,1-2,5-7,10-17,22-23,43H2,3-4H3,(H,54,55,56)/t30-,31?,38?,41-/m0/s1. The smallest absolute Gasteiger partial charge is 0.412 e. The van der Waals surface area contributed by atoms with Gasteiger partial charge in [-0.2, -0.15) is 8.42 Å². The van der Waals surface area contributed by atoms with Crippen molar-refractivity contribution in [2.24, 2.45) is 0 Å². The Morgan fingerprint density at radius 2 is 1.49 bits per heavy atom. The van der Waals surface area contributed by atoms with Crippen LogP contribution < -0.4 is 30.0 Å². The van der Waals surface area contributed by atoms with Gasteiger partial charge in [0.05, 0.1) is 76.0 Å². The number of hydrogen-bond acceptors (Lipinski definition) is 15. The van der Waals surface area contributed by atoms with Crippen LogP contribution in [0.25, 0.3) is 0 Å². The van der Waals surface area contributed by atoms with Crippen LogP contribution in [0.1, 0.15) is 52.8 Å². The van der Waals surface area contributed by atoms with Gasteiger partial charge in [0.15, 0.2) is 34.6 Å². The summed E-state index contributed by atoms with van der Waals surface area (Å²) in [5.41, 5.74) is 8.53. The van der Waals surface area contributed by atoms with Crippen LogP contribution in [0, 0.1) is 0 Å². The highest BCUT2D eigenvalue weighted by molar-refractivity contribution is 7.86. The van der Waals surface area contributed by atoms with Crippen molar-refractivity contribution < 1.29 is 65.4 Å². The number of benzene rings is 2. The van der Waals surface area contributed by atoms with E-state index in [1.54, 1.807) is 4.90 Å². The summed E-state index contributed by atoms with van der Waals surface area (Å²) in [6.45, 7) is 8.98. The Balaban J connectivity index is 0.918. The lowest BCUT2D eigenvalue weighted by Gasteiger charge is -2.33. The predicted molar refractivity (Wildman–Crippen MR) is 225 cm³/mol. The first-order valence-electron chi connectivity index (χ1n) is 20.3. The highest BCUT2D eigenvalue weighted by atomic mass is 32.2. The molecule has 63 heavy (non-hydrogen) atoms. The van der Waals surface area contributed by atoms with Crippen LogP contribution in [0.15, 0.2) is 60.7 Å². The molecule has 5 aliphatic heterocycles. The molecule has 4 N–H and O–H groups in total. The number of nitrogen functional groups attached to an aromatic ring is 1. The number of unbranched alkanes of at least 4 members (excludes halogenated alkanes) is 2. The average molecular weight is 895 g/mol. The van der Waals surface area contributed by atoms with E-state index in [9.17, 15) is 36.9 Å². The second-order valence-electron chi connectivity index (χ2n) is 15.6. The topological polar surface area (TPSA) is 246 Å². The summed E-state index contributed by atoms with van der Waals surface area (Å²) >= 11 is 0. The van der Waals surface area contributed by atoms with Crippen molar-refractivity contribution in [2.45, 2.75) is 55.8 Å². The minimum Gasteiger partial charge on any atom is -0.493 e. The van der Waals surface area contributed by atoms with E-state index in [-0.39, 0.29) is 98.8 Å². The van der Waals surface area contributed by atoms with Crippen LogP contribution in [-0.4, -0.2) is 153 Å². The molecule has 0 aromatic heterocycles. The third-order valence-electron chi connectivity index (χ3n) is 11.4. The Hall–Kier alpha value is -6.32. The van der Waals surface area contributed by atoms with Gasteiger partial charge in [0.1, 0.15) is 6.61 Å². The van der Waals surface area contributed by atoms with Gasteiger partial charge in [-0.05, 0) is 44.2 Å². The third kappa shape index (κ3) is 9.40. The number of methoxy groups -OCH3 is 2. The fraction of sp³-hybridized carbons (Fsp3) is 0.452. The number of amides is 5. The predicted octanol–water partition coefficient (Wildman–Crippen LogP) is 2.81. The van der Waals surface area contributed by atoms with Crippen molar-refractivity contribution in [3.8, 4) is 23.0 Å². The molecule has 21 heteroatoms. The van der Waals surface area contributed by atoms with Crippen molar-refractivity contribution in [3.63, 3.8) is 0 Å². The van der Waals surface area contributed by atoms with Crippen LogP contribution in [0.5, 0.6) is 23.0 Å². The summed E-state index contributed by atoms with van der Waals surface area (Å²) in [6, 6.07) is 4.57. The maximum absolute atomic E-state index is 14.1. The summed E-state index contributed by atoms with van der Waals surface area (Å²) in [7, 11) is -1.73. The second-order valence-corrected chi connectivity index (χ2v) is 17.2. The summed E-state index contributed by atoms with van der Waals surface area (Å²) in [4.78, 5) is 69.7. The SMILES string of the molecule is C=C1CC([C@@H]2OCCN2C(=O)OCCN2C(=O)C=CC2=O)N(C(=O)c2cc(OC)c(OCCCCCOc3cc4c(cc3OC)C(=O)N3CC(=C)C[C@H]3C(S(=O)(=O)O)N4)cc2N)C1. The van der Waals surface area contributed by atoms with E-state index in [1.807, 2.05) is 0 Å². The number of ether oxygens (including phenoxy) is 6. The Morgan fingerprint density at radius 1 is 0.857 bits per heavy atom. The number of fused-ring (bicyclic) bond motifs is 2. The molecule has 5 aliphatic rings. The highest BCUT2D eigenvalue weighted by Gasteiger charge is 2.47. The zero-order valence-corrected chi connectivity index (χ0v) is 35.7. The van der Waals surface area contributed by atoms with Crippen molar-refractivity contribution in [2.75, 3.05) is 77.9 Å². The molecule has 338 valence electrons. The molecule has 0 saturated carbocycles. The average Bonchev–Trinajstić information content (AvgIpc) is 4.04. The molecule has 3 saturated heterocycles. The molecule has 5 heterocycles. The molecule has 0 radical (unpaired) electrons. The first-order valence-corrected chi connectivity index (χ1v) is 21.8. The van der Waals surface area contributed by atoms with Gasteiger partial charge in [0.25, 0.3) is 33.7 Å². The van der Waals surface area contributed by atoms with E-state index >= 15 is 0 Å². The van der Waals surface area contributed by atoms with E-state index in [0.717, 1.165) is 22.6 Å². The molecule has 0 bridgehead atoms. The molecule has 2 aromatic carbocycles. The fourth-order valence-corrected chi connectivity index (χ4v) is 9.24. The maximum atomic E-state index is 14.1. The summed E-state index contributed by atoms with van der Waals surface area (Å²) in [5, 5.41) is 1.38. The van der Waals surface area contributed by atoms with E-state index in [2.05, 4.69) is 18.5 Å². The number of rotatable bonds is 16. The lowest BCUT2D eigenvalue weighted by Crippen LogP contribution is -2.51. The van der Waals surface area contributed by atoms with Crippen LogP contribution in [0.2, 0.25) is 0 Å².